The summed E-state index contributed by atoms with van der Waals surface area (Å²) in [6, 6.07) is 5.95. The third-order valence-electron chi connectivity index (χ3n) is 1.56. The van der Waals surface area contributed by atoms with Gasteiger partial charge in [0.1, 0.15) is 0 Å². The summed E-state index contributed by atoms with van der Waals surface area (Å²) in [5.74, 6) is 0.808. The number of hydrogen-bond acceptors (Lipinski definition) is 2. The van der Waals surface area contributed by atoms with Gasteiger partial charge in [0, 0.05) is 6.72 Å². The van der Waals surface area contributed by atoms with Gasteiger partial charge in [-0.3, -0.25) is 0 Å². The molecule has 0 aliphatic heterocycles. The molecule has 1 aromatic rings. The fraction of sp³-hybridized carbons (Fsp3) is 0.222. The van der Waals surface area contributed by atoms with E-state index in [-0.39, 0.29) is 0 Å². The second kappa shape index (κ2) is 3.19. The van der Waals surface area contributed by atoms with E-state index in [1.165, 1.54) is 0 Å². The van der Waals surface area contributed by atoms with Crippen LogP contribution in [0.1, 0.15) is 11.1 Å². The van der Waals surface area contributed by atoms with Crippen LogP contribution in [0.15, 0.2) is 23.4 Å². The molecule has 0 radical (unpaired) electrons. The maximum absolute atomic E-state index is 4.98. The van der Waals surface area contributed by atoms with E-state index in [4.69, 9.17) is 4.84 Å². The zero-order valence-corrected chi connectivity index (χ0v) is 6.79. The van der Waals surface area contributed by atoms with Crippen molar-refractivity contribution in [1.29, 1.82) is 0 Å². The molecule has 0 saturated carbocycles. The summed E-state index contributed by atoms with van der Waals surface area (Å²) < 4.78 is 0. The lowest BCUT2D eigenvalue weighted by molar-refractivity contribution is 0.340. The fourth-order valence-electron chi connectivity index (χ4n) is 1.01. The van der Waals surface area contributed by atoms with Crippen LogP contribution < -0.4 is 4.84 Å². The molecule has 58 valence electrons. The van der Waals surface area contributed by atoms with Gasteiger partial charge in [-0.05, 0) is 25.0 Å². The molecule has 2 heteroatoms. The van der Waals surface area contributed by atoms with Crippen LogP contribution in [0.3, 0.4) is 0 Å². The van der Waals surface area contributed by atoms with Gasteiger partial charge < -0.3 is 4.84 Å². The Balaban J connectivity index is 3.09. The molecule has 0 aliphatic rings. The first-order chi connectivity index (χ1) is 5.25. The maximum Gasteiger partial charge on any atom is 0.163 e. The standard InChI is InChI=1S/C9H11NO/c1-7-5-4-6-8(2)9(7)11-10-3/h4-6H,3H2,1-2H3. The predicted molar refractivity (Wildman–Crippen MR) is 46.1 cm³/mol. The monoisotopic (exact) mass is 149 g/mol. The Morgan fingerprint density at radius 3 is 2.27 bits per heavy atom. The van der Waals surface area contributed by atoms with Crippen molar-refractivity contribution >= 4 is 6.72 Å². The third-order valence-corrected chi connectivity index (χ3v) is 1.56. The first-order valence-electron chi connectivity index (χ1n) is 3.45. The van der Waals surface area contributed by atoms with Crippen molar-refractivity contribution in [2.45, 2.75) is 13.8 Å². The molecule has 0 aliphatic carbocycles. The normalized spacial score (nSPS) is 9.27. The van der Waals surface area contributed by atoms with E-state index < -0.39 is 0 Å². The molecular weight excluding hydrogens is 138 g/mol. The van der Waals surface area contributed by atoms with Gasteiger partial charge in [0.05, 0.1) is 0 Å². The first-order valence-corrected chi connectivity index (χ1v) is 3.45. The average molecular weight is 149 g/mol. The zero-order valence-electron chi connectivity index (χ0n) is 6.79. The molecule has 0 aromatic heterocycles. The summed E-state index contributed by atoms with van der Waals surface area (Å²) in [7, 11) is 0. The summed E-state index contributed by atoms with van der Waals surface area (Å²) in [4.78, 5) is 4.98. The highest BCUT2D eigenvalue weighted by Gasteiger charge is 2.00. The van der Waals surface area contributed by atoms with Crippen LogP contribution in [0.5, 0.6) is 5.75 Å². The molecule has 11 heavy (non-hydrogen) atoms. The van der Waals surface area contributed by atoms with Gasteiger partial charge in [-0.25, -0.2) is 0 Å². The van der Waals surface area contributed by atoms with Crippen molar-refractivity contribution in [2.75, 3.05) is 0 Å². The van der Waals surface area contributed by atoms with Crippen molar-refractivity contribution in [3.63, 3.8) is 0 Å². The van der Waals surface area contributed by atoms with Gasteiger partial charge in [-0.1, -0.05) is 23.4 Å². The van der Waals surface area contributed by atoms with Crippen molar-refractivity contribution in [3.8, 4) is 5.75 Å². The van der Waals surface area contributed by atoms with Crippen LogP contribution in [0, 0.1) is 13.8 Å². The predicted octanol–water partition coefficient (Wildman–Crippen LogP) is 2.30. The lowest BCUT2D eigenvalue weighted by Crippen LogP contribution is -1.88. The Kier molecular flexibility index (Phi) is 2.26. The highest BCUT2D eigenvalue weighted by Crippen LogP contribution is 2.21. The molecule has 0 bridgehead atoms. The summed E-state index contributed by atoms with van der Waals surface area (Å²) in [6.45, 7) is 7.23. The topological polar surface area (TPSA) is 21.6 Å². The zero-order chi connectivity index (χ0) is 8.27. The van der Waals surface area contributed by atoms with Crippen LogP contribution in [-0.2, 0) is 0 Å². The molecule has 0 fully saturated rings. The number of hydrogen-bond donors (Lipinski definition) is 0. The highest BCUT2D eigenvalue weighted by atomic mass is 16.6. The van der Waals surface area contributed by atoms with E-state index in [9.17, 15) is 0 Å². The molecule has 0 spiro atoms. The minimum absolute atomic E-state index is 0.808. The Bertz CT molecular complexity index is 248. The van der Waals surface area contributed by atoms with Crippen LogP contribution >= 0.6 is 0 Å². The average Bonchev–Trinajstić information content (AvgIpc) is 1.97. The van der Waals surface area contributed by atoms with Crippen molar-refractivity contribution in [1.82, 2.24) is 0 Å². The molecule has 2 nitrogen and oxygen atoms in total. The quantitative estimate of drug-likeness (QED) is 0.467. The molecule has 0 saturated heterocycles. The van der Waals surface area contributed by atoms with Gasteiger partial charge in [0.25, 0.3) is 0 Å². The van der Waals surface area contributed by atoms with Crippen molar-refractivity contribution in [2.24, 2.45) is 5.16 Å². The summed E-state index contributed by atoms with van der Waals surface area (Å²) in [5.41, 5.74) is 2.16. The highest BCUT2D eigenvalue weighted by molar-refractivity contribution is 5.40. The lowest BCUT2D eigenvalue weighted by Gasteiger charge is -2.04. The number of oxime groups is 1. The molecule has 0 amide bonds. The van der Waals surface area contributed by atoms with Crippen LogP contribution in [0.2, 0.25) is 0 Å². The number of nitrogens with zero attached hydrogens (tertiary/aromatic N) is 1. The van der Waals surface area contributed by atoms with Gasteiger partial charge in [0.2, 0.25) is 0 Å². The third kappa shape index (κ3) is 1.58. The van der Waals surface area contributed by atoms with E-state index in [0.29, 0.717) is 0 Å². The van der Waals surface area contributed by atoms with E-state index in [0.717, 1.165) is 16.9 Å². The molecule has 0 N–H and O–H groups in total. The fourth-order valence-corrected chi connectivity index (χ4v) is 1.01. The van der Waals surface area contributed by atoms with Crippen LogP contribution in [0.25, 0.3) is 0 Å². The molecule has 1 aromatic carbocycles. The minimum Gasteiger partial charge on any atom is -0.357 e. The molecule has 0 atom stereocenters. The van der Waals surface area contributed by atoms with Gasteiger partial charge in [-0.2, -0.15) is 0 Å². The largest absolute Gasteiger partial charge is 0.357 e. The minimum atomic E-state index is 0.808. The second-order valence-corrected chi connectivity index (χ2v) is 2.44. The summed E-state index contributed by atoms with van der Waals surface area (Å²) in [6.07, 6.45) is 0. The van der Waals surface area contributed by atoms with Crippen molar-refractivity contribution < 1.29 is 4.84 Å². The molecular formula is C9H11NO. The molecule has 0 heterocycles. The van der Waals surface area contributed by atoms with Gasteiger partial charge >= 0.3 is 0 Å². The summed E-state index contributed by atoms with van der Waals surface area (Å²) >= 11 is 0. The first kappa shape index (κ1) is 7.79. The van der Waals surface area contributed by atoms with Crippen LogP contribution in [-0.4, -0.2) is 6.72 Å². The SMILES string of the molecule is C=NOc1c(C)cccc1C. The Morgan fingerprint density at radius 1 is 1.27 bits per heavy atom. The van der Waals surface area contributed by atoms with E-state index >= 15 is 0 Å². The van der Waals surface area contributed by atoms with Gasteiger partial charge in [0.15, 0.2) is 5.75 Å². The van der Waals surface area contributed by atoms with E-state index in [1.807, 2.05) is 32.0 Å². The smallest absolute Gasteiger partial charge is 0.163 e. The Labute approximate surface area is 66.5 Å². The second-order valence-electron chi connectivity index (χ2n) is 2.44. The van der Waals surface area contributed by atoms with Crippen molar-refractivity contribution in [3.05, 3.63) is 29.3 Å². The van der Waals surface area contributed by atoms with Gasteiger partial charge in [-0.15, -0.1) is 0 Å². The molecule has 0 unspecified atom stereocenters. The number of para-hydroxylation sites is 1. The lowest BCUT2D eigenvalue weighted by atomic mass is 10.1. The Hall–Kier alpha value is -1.31. The van der Waals surface area contributed by atoms with E-state index in [2.05, 4.69) is 11.9 Å². The summed E-state index contributed by atoms with van der Waals surface area (Å²) in [5, 5.41) is 3.38. The molecule has 1 rings (SSSR count). The van der Waals surface area contributed by atoms with Crippen LogP contribution in [0.4, 0.5) is 0 Å². The Morgan fingerprint density at radius 2 is 1.82 bits per heavy atom. The number of rotatable bonds is 2. The number of aryl methyl sites for hydroxylation is 2. The number of benzene rings is 1. The maximum atomic E-state index is 4.98. The van der Waals surface area contributed by atoms with E-state index in [1.54, 1.807) is 0 Å².